The van der Waals surface area contributed by atoms with E-state index in [0.29, 0.717) is 6.04 Å². The first-order valence-corrected chi connectivity index (χ1v) is 5.08. The van der Waals surface area contributed by atoms with Crippen molar-refractivity contribution in [1.82, 2.24) is 15.1 Å². The van der Waals surface area contributed by atoms with E-state index in [-0.39, 0.29) is 0 Å². The predicted octanol–water partition coefficient (Wildman–Crippen LogP) is 1.57. The molecule has 2 heterocycles. The number of hydrogen-bond donors (Lipinski definition) is 1. The van der Waals surface area contributed by atoms with Gasteiger partial charge in [0.15, 0.2) is 0 Å². The van der Waals surface area contributed by atoms with Crippen LogP contribution in [-0.4, -0.2) is 22.9 Å². The third-order valence-corrected chi connectivity index (χ3v) is 2.84. The van der Waals surface area contributed by atoms with Crippen LogP contribution in [0.25, 0.3) is 10.9 Å². The Balaban J connectivity index is 2.05. The lowest BCUT2D eigenvalue weighted by molar-refractivity contribution is 0.495. The molecule has 14 heavy (non-hydrogen) atoms. The van der Waals surface area contributed by atoms with Crippen molar-refractivity contribution in [2.45, 2.75) is 12.5 Å². The summed E-state index contributed by atoms with van der Waals surface area (Å²) in [5.41, 5.74) is 1.10. The van der Waals surface area contributed by atoms with Crippen LogP contribution in [-0.2, 0) is 0 Å². The molecule has 0 aliphatic carbocycles. The van der Waals surface area contributed by atoms with E-state index >= 15 is 0 Å². The predicted molar refractivity (Wildman–Crippen MR) is 56.3 cm³/mol. The molecular weight excluding hydrogens is 174 g/mol. The first-order chi connectivity index (χ1) is 6.93. The van der Waals surface area contributed by atoms with Gasteiger partial charge in [-0.2, -0.15) is 5.10 Å². The summed E-state index contributed by atoms with van der Waals surface area (Å²) < 4.78 is 2.10. The van der Waals surface area contributed by atoms with Crippen LogP contribution < -0.4 is 5.32 Å². The standard InChI is InChI=1S/C11H13N3/c1-2-4-11-9(3-1)8-14(13-11)10-5-6-12-7-10/h1-4,8,10,12H,5-7H2/t10-/m1/s1. The molecule has 1 atom stereocenters. The smallest absolute Gasteiger partial charge is 0.0923 e. The van der Waals surface area contributed by atoms with Crippen LogP contribution in [0, 0.1) is 0 Å². The largest absolute Gasteiger partial charge is 0.315 e. The molecule has 0 saturated carbocycles. The molecule has 1 aromatic carbocycles. The molecule has 0 radical (unpaired) electrons. The van der Waals surface area contributed by atoms with Crippen molar-refractivity contribution in [3.63, 3.8) is 0 Å². The van der Waals surface area contributed by atoms with Crippen LogP contribution in [0.15, 0.2) is 30.5 Å². The number of rotatable bonds is 1. The summed E-state index contributed by atoms with van der Waals surface area (Å²) >= 11 is 0. The van der Waals surface area contributed by atoms with E-state index in [4.69, 9.17) is 0 Å². The topological polar surface area (TPSA) is 29.9 Å². The molecule has 1 aromatic heterocycles. The quantitative estimate of drug-likeness (QED) is 0.734. The SMILES string of the molecule is c1ccc2nn([C@@H]3CCNC3)cc2c1. The molecule has 0 amide bonds. The van der Waals surface area contributed by atoms with Crippen LogP contribution in [0.5, 0.6) is 0 Å². The number of nitrogens with zero attached hydrogens (tertiary/aromatic N) is 2. The maximum absolute atomic E-state index is 4.57. The lowest BCUT2D eigenvalue weighted by Crippen LogP contribution is -2.13. The summed E-state index contributed by atoms with van der Waals surface area (Å²) in [7, 11) is 0. The van der Waals surface area contributed by atoms with Crippen LogP contribution in [0.4, 0.5) is 0 Å². The van der Waals surface area contributed by atoms with Gasteiger partial charge in [-0.15, -0.1) is 0 Å². The lowest BCUT2D eigenvalue weighted by atomic mass is 10.2. The maximum atomic E-state index is 4.57. The molecule has 72 valence electrons. The zero-order valence-corrected chi connectivity index (χ0v) is 7.98. The molecule has 3 heteroatoms. The van der Waals surface area contributed by atoms with Gasteiger partial charge in [-0.05, 0) is 19.0 Å². The molecule has 0 bridgehead atoms. The molecule has 3 nitrogen and oxygen atoms in total. The van der Waals surface area contributed by atoms with Crippen LogP contribution >= 0.6 is 0 Å². The highest BCUT2D eigenvalue weighted by atomic mass is 15.3. The average molecular weight is 187 g/mol. The molecule has 1 N–H and O–H groups in total. The zero-order valence-electron chi connectivity index (χ0n) is 7.98. The second kappa shape index (κ2) is 3.10. The maximum Gasteiger partial charge on any atom is 0.0923 e. The Hall–Kier alpha value is -1.35. The Kier molecular flexibility index (Phi) is 1.77. The Labute approximate surface area is 82.7 Å². The Morgan fingerprint density at radius 3 is 3.07 bits per heavy atom. The number of aromatic nitrogens is 2. The molecule has 0 unspecified atom stereocenters. The number of nitrogens with one attached hydrogen (secondary N) is 1. The van der Waals surface area contributed by atoms with Gasteiger partial charge in [-0.3, -0.25) is 4.68 Å². The van der Waals surface area contributed by atoms with Crippen molar-refractivity contribution in [3.05, 3.63) is 30.5 Å². The van der Waals surface area contributed by atoms with E-state index < -0.39 is 0 Å². The molecule has 1 saturated heterocycles. The lowest BCUT2D eigenvalue weighted by Gasteiger charge is -2.07. The van der Waals surface area contributed by atoms with Crippen molar-refractivity contribution >= 4 is 10.9 Å². The van der Waals surface area contributed by atoms with E-state index in [1.54, 1.807) is 0 Å². The van der Waals surface area contributed by atoms with Crippen LogP contribution in [0.2, 0.25) is 0 Å². The first-order valence-electron chi connectivity index (χ1n) is 5.08. The van der Waals surface area contributed by atoms with Gasteiger partial charge in [0.1, 0.15) is 0 Å². The monoisotopic (exact) mass is 187 g/mol. The second-order valence-corrected chi connectivity index (χ2v) is 3.81. The number of benzene rings is 1. The van der Waals surface area contributed by atoms with Crippen molar-refractivity contribution < 1.29 is 0 Å². The number of fused-ring (bicyclic) bond motifs is 1. The molecular formula is C11H13N3. The Bertz CT molecular complexity index is 407. The van der Waals surface area contributed by atoms with Crippen molar-refractivity contribution in [2.24, 2.45) is 0 Å². The van der Waals surface area contributed by atoms with Crippen molar-refractivity contribution in [1.29, 1.82) is 0 Å². The molecule has 3 rings (SSSR count). The van der Waals surface area contributed by atoms with Crippen molar-refractivity contribution in [2.75, 3.05) is 13.1 Å². The molecule has 1 fully saturated rings. The highest BCUT2D eigenvalue weighted by Crippen LogP contribution is 2.18. The first kappa shape index (κ1) is 8.00. The molecule has 1 aliphatic heterocycles. The summed E-state index contributed by atoms with van der Waals surface area (Å²) in [4.78, 5) is 0. The Morgan fingerprint density at radius 1 is 1.36 bits per heavy atom. The van der Waals surface area contributed by atoms with Gasteiger partial charge in [-0.25, -0.2) is 0 Å². The van der Waals surface area contributed by atoms with Crippen LogP contribution in [0.1, 0.15) is 12.5 Å². The van der Waals surface area contributed by atoms with Gasteiger partial charge < -0.3 is 5.32 Å². The van der Waals surface area contributed by atoms with Gasteiger partial charge in [0.05, 0.1) is 11.6 Å². The van der Waals surface area contributed by atoms with E-state index in [1.807, 2.05) is 6.07 Å². The molecule has 1 aliphatic rings. The van der Waals surface area contributed by atoms with Gasteiger partial charge in [0, 0.05) is 18.1 Å². The summed E-state index contributed by atoms with van der Waals surface area (Å²) in [5.74, 6) is 0. The second-order valence-electron chi connectivity index (χ2n) is 3.81. The normalized spacial score (nSPS) is 21.9. The van der Waals surface area contributed by atoms with Gasteiger partial charge in [0.2, 0.25) is 0 Å². The van der Waals surface area contributed by atoms with E-state index in [0.717, 1.165) is 18.6 Å². The fourth-order valence-corrected chi connectivity index (χ4v) is 2.04. The van der Waals surface area contributed by atoms with Gasteiger partial charge in [0.25, 0.3) is 0 Å². The molecule has 2 aromatic rings. The van der Waals surface area contributed by atoms with Gasteiger partial charge >= 0.3 is 0 Å². The summed E-state index contributed by atoms with van der Waals surface area (Å²) in [6.07, 6.45) is 3.33. The third-order valence-electron chi connectivity index (χ3n) is 2.84. The third kappa shape index (κ3) is 1.21. The minimum absolute atomic E-state index is 0.544. The highest BCUT2D eigenvalue weighted by Gasteiger charge is 2.16. The fourth-order valence-electron chi connectivity index (χ4n) is 2.04. The zero-order chi connectivity index (χ0) is 9.38. The van der Waals surface area contributed by atoms with Gasteiger partial charge in [-0.1, -0.05) is 18.2 Å². The number of hydrogen-bond acceptors (Lipinski definition) is 2. The fraction of sp³-hybridized carbons (Fsp3) is 0.364. The molecule has 0 spiro atoms. The van der Waals surface area contributed by atoms with Crippen molar-refractivity contribution in [3.8, 4) is 0 Å². The van der Waals surface area contributed by atoms with E-state index in [1.165, 1.54) is 11.8 Å². The Morgan fingerprint density at radius 2 is 2.29 bits per heavy atom. The highest BCUT2D eigenvalue weighted by molar-refractivity contribution is 5.77. The van der Waals surface area contributed by atoms with E-state index in [9.17, 15) is 0 Å². The minimum Gasteiger partial charge on any atom is -0.315 e. The summed E-state index contributed by atoms with van der Waals surface area (Å²) in [5, 5.41) is 9.16. The average Bonchev–Trinajstić information content (AvgIpc) is 2.86. The summed E-state index contributed by atoms with van der Waals surface area (Å²) in [6.45, 7) is 2.16. The van der Waals surface area contributed by atoms with Crippen LogP contribution in [0.3, 0.4) is 0 Å². The van der Waals surface area contributed by atoms with E-state index in [2.05, 4.69) is 39.5 Å². The summed E-state index contributed by atoms with van der Waals surface area (Å²) in [6, 6.07) is 8.81. The minimum atomic E-state index is 0.544.